The predicted molar refractivity (Wildman–Crippen MR) is 165 cm³/mol. The first kappa shape index (κ1) is 25.7. The molecule has 0 saturated carbocycles. The number of benzene rings is 5. The van der Waals surface area contributed by atoms with Crippen molar-refractivity contribution in [2.45, 2.75) is 19.6 Å². The molecule has 0 N–H and O–H groups in total. The summed E-state index contributed by atoms with van der Waals surface area (Å²) in [5.74, 6) is 0.236. The Balaban J connectivity index is 1.52. The molecule has 2 aliphatic heterocycles. The topological polar surface area (TPSA) is 63.4 Å². The van der Waals surface area contributed by atoms with Crippen LogP contribution in [0.3, 0.4) is 0 Å². The van der Waals surface area contributed by atoms with Crippen molar-refractivity contribution in [1.29, 1.82) is 5.26 Å². The molecule has 0 unspecified atom stereocenters. The Morgan fingerprint density at radius 2 is 1.19 bits per heavy atom. The summed E-state index contributed by atoms with van der Waals surface area (Å²) in [5, 5.41) is 10.5. The lowest BCUT2D eigenvalue weighted by molar-refractivity contribution is -0.0429. The first-order valence-electron chi connectivity index (χ1n) is 13.6. The molecule has 0 bridgehead atoms. The van der Waals surface area contributed by atoms with Crippen LogP contribution in [0.2, 0.25) is 0 Å². The average Bonchev–Trinajstić information content (AvgIpc) is 3.37. The van der Waals surface area contributed by atoms with Gasteiger partial charge in [-0.15, -0.1) is 0 Å². The normalized spacial score (nSPS) is 13.5. The van der Waals surface area contributed by atoms with Gasteiger partial charge in [0.25, 0.3) is 0 Å². The Morgan fingerprint density at radius 1 is 0.674 bits per heavy atom. The van der Waals surface area contributed by atoms with Crippen molar-refractivity contribution in [3.8, 4) is 51.3 Å². The molecule has 0 spiro atoms. The van der Waals surface area contributed by atoms with E-state index < -0.39 is 5.79 Å². The highest BCUT2D eigenvalue weighted by molar-refractivity contribution is 6.03. The van der Waals surface area contributed by atoms with Crippen molar-refractivity contribution in [3.63, 3.8) is 0 Å². The predicted octanol–water partition coefficient (Wildman–Crippen LogP) is 10.1. The fourth-order valence-electron chi connectivity index (χ4n) is 5.57. The summed E-state index contributed by atoms with van der Waals surface area (Å²) in [6.45, 7) is 19.5. The van der Waals surface area contributed by atoms with E-state index in [9.17, 15) is 5.26 Å². The van der Waals surface area contributed by atoms with E-state index in [0.717, 1.165) is 22.3 Å². The van der Waals surface area contributed by atoms with Gasteiger partial charge in [0.2, 0.25) is 17.2 Å². The SMILES string of the molecule is [C-]#[N+]c1c([N+]#[C-])c(N2c3ccc(-c4ccccc4)cc3Oc3cc(-c4ccccc4)ccc32)c(C#N)c2c1OC(C)(C)O2. The van der Waals surface area contributed by atoms with Crippen LogP contribution in [-0.2, 0) is 0 Å². The molecule has 7 rings (SSSR count). The lowest BCUT2D eigenvalue weighted by Gasteiger charge is -2.35. The summed E-state index contributed by atoms with van der Waals surface area (Å²) in [6.07, 6.45) is 0. The molecule has 43 heavy (non-hydrogen) atoms. The Morgan fingerprint density at radius 3 is 1.67 bits per heavy atom. The van der Waals surface area contributed by atoms with Crippen LogP contribution in [0.1, 0.15) is 19.4 Å². The molecule has 0 atom stereocenters. The summed E-state index contributed by atoms with van der Waals surface area (Å²) < 4.78 is 18.6. The maximum atomic E-state index is 10.5. The Kier molecular flexibility index (Phi) is 5.80. The molecule has 0 aliphatic carbocycles. The number of nitriles is 1. The quantitative estimate of drug-likeness (QED) is 0.202. The molecule has 5 aromatic rings. The van der Waals surface area contributed by atoms with Gasteiger partial charge in [-0.05, 0) is 46.5 Å². The number of nitrogens with zero attached hydrogens (tertiary/aromatic N) is 4. The van der Waals surface area contributed by atoms with Gasteiger partial charge >= 0.3 is 0 Å². The van der Waals surface area contributed by atoms with Crippen LogP contribution < -0.4 is 19.1 Å². The summed E-state index contributed by atoms with van der Waals surface area (Å²) in [7, 11) is 0. The minimum absolute atomic E-state index is 0.000906. The van der Waals surface area contributed by atoms with Gasteiger partial charge in [-0.1, -0.05) is 72.8 Å². The van der Waals surface area contributed by atoms with Crippen molar-refractivity contribution >= 4 is 28.4 Å². The smallest absolute Gasteiger partial charge is 0.244 e. The molecule has 7 nitrogen and oxygen atoms in total. The van der Waals surface area contributed by atoms with Crippen LogP contribution in [0.5, 0.6) is 23.0 Å². The molecule has 5 aromatic carbocycles. The van der Waals surface area contributed by atoms with Gasteiger partial charge < -0.3 is 19.1 Å². The molecule has 0 amide bonds. The zero-order valence-corrected chi connectivity index (χ0v) is 23.3. The summed E-state index contributed by atoms with van der Waals surface area (Å²) in [4.78, 5) is 9.31. The second kappa shape index (κ2) is 9.70. The van der Waals surface area contributed by atoms with E-state index in [2.05, 4.69) is 15.8 Å². The molecular weight excluding hydrogens is 536 g/mol. The van der Waals surface area contributed by atoms with Crippen molar-refractivity contribution in [2.24, 2.45) is 0 Å². The summed E-state index contributed by atoms with van der Waals surface area (Å²) >= 11 is 0. The van der Waals surface area contributed by atoms with E-state index in [4.69, 9.17) is 27.4 Å². The van der Waals surface area contributed by atoms with Gasteiger partial charge in [0.1, 0.15) is 11.6 Å². The monoisotopic (exact) mass is 558 g/mol. The molecule has 0 aromatic heterocycles. The van der Waals surface area contributed by atoms with Gasteiger partial charge in [0, 0.05) is 13.8 Å². The van der Waals surface area contributed by atoms with Crippen LogP contribution in [0, 0.1) is 24.5 Å². The fraction of sp³-hybridized carbons (Fsp3) is 0.0833. The summed E-state index contributed by atoms with van der Waals surface area (Å²) in [5.41, 5.74) is 5.53. The number of rotatable bonds is 3. The zero-order chi connectivity index (χ0) is 29.7. The zero-order valence-electron chi connectivity index (χ0n) is 23.3. The maximum Gasteiger partial charge on any atom is 0.244 e. The van der Waals surface area contributed by atoms with Gasteiger partial charge in [0.05, 0.1) is 30.2 Å². The second-order valence-electron chi connectivity index (χ2n) is 10.6. The molecule has 0 radical (unpaired) electrons. The third-order valence-corrected chi connectivity index (χ3v) is 7.42. The third-order valence-electron chi connectivity index (χ3n) is 7.42. The van der Waals surface area contributed by atoms with E-state index in [1.807, 2.05) is 102 Å². The first-order valence-corrected chi connectivity index (χ1v) is 13.6. The minimum atomic E-state index is -1.11. The van der Waals surface area contributed by atoms with Crippen LogP contribution in [0.4, 0.5) is 28.4 Å². The lowest BCUT2D eigenvalue weighted by Crippen LogP contribution is -2.29. The second-order valence-corrected chi connectivity index (χ2v) is 10.6. The highest BCUT2D eigenvalue weighted by atomic mass is 16.7. The van der Waals surface area contributed by atoms with E-state index in [1.165, 1.54) is 0 Å². The molecule has 0 fully saturated rings. The van der Waals surface area contributed by atoms with Crippen LogP contribution in [-0.4, -0.2) is 5.79 Å². The van der Waals surface area contributed by atoms with Crippen molar-refractivity contribution < 1.29 is 14.2 Å². The highest BCUT2D eigenvalue weighted by Gasteiger charge is 2.42. The minimum Gasteiger partial charge on any atom is -0.462 e. The largest absolute Gasteiger partial charge is 0.462 e. The van der Waals surface area contributed by atoms with Crippen molar-refractivity contribution in [3.05, 3.63) is 125 Å². The Labute approximate surface area is 249 Å². The Bertz CT molecular complexity index is 1980. The number of anilines is 3. The van der Waals surface area contributed by atoms with Gasteiger partial charge in [-0.25, -0.2) is 9.69 Å². The highest BCUT2D eigenvalue weighted by Crippen LogP contribution is 2.62. The molecule has 204 valence electrons. The van der Waals surface area contributed by atoms with Crippen LogP contribution in [0.15, 0.2) is 97.1 Å². The average molecular weight is 559 g/mol. The van der Waals surface area contributed by atoms with Gasteiger partial charge in [0.15, 0.2) is 23.0 Å². The van der Waals surface area contributed by atoms with Gasteiger partial charge in [-0.2, -0.15) is 5.26 Å². The number of ether oxygens (including phenoxy) is 3. The summed E-state index contributed by atoms with van der Waals surface area (Å²) in [6, 6.07) is 33.9. The fourth-order valence-corrected chi connectivity index (χ4v) is 5.57. The van der Waals surface area contributed by atoms with E-state index in [0.29, 0.717) is 22.9 Å². The van der Waals surface area contributed by atoms with Crippen molar-refractivity contribution in [1.82, 2.24) is 0 Å². The van der Waals surface area contributed by atoms with Crippen LogP contribution >= 0.6 is 0 Å². The van der Waals surface area contributed by atoms with Gasteiger partial charge in [-0.3, -0.25) is 0 Å². The molecule has 2 aliphatic rings. The van der Waals surface area contributed by atoms with Crippen molar-refractivity contribution in [2.75, 3.05) is 4.90 Å². The van der Waals surface area contributed by atoms with E-state index in [1.54, 1.807) is 13.8 Å². The number of fused-ring (bicyclic) bond motifs is 3. The molecule has 2 heterocycles. The lowest BCUT2D eigenvalue weighted by atomic mass is 9.99. The number of hydrogen-bond acceptors (Lipinski definition) is 5. The standard InChI is InChI=1S/C36H22N4O3/c1-36(2)42-34-26(21-37)33(31(38-3)32(39-4)35(34)43-36)40-27-17-15-24(22-11-7-5-8-12-22)19-29(27)41-30-20-25(16-18-28(30)40)23-13-9-6-10-14-23/h5-20H,1-2H3. The first-order chi connectivity index (χ1) is 20.9. The Hall–Kier alpha value is -6.23. The van der Waals surface area contributed by atoms with E-state index in [-0.39, 0.29) is 34.1 Å². The maximum absolute atomic E-state index is 10.5. The molecule has 7 heteroatoms. The molecule has 0 saturated heterocycles. The third kappa shape index (κ3) is 4.10. The number of hydrogen-bond donors (Lipinski definition) is 0. The molecular formula is C36H22N4O3. The van der Waals surface area contributed by atoms with E-state index >= 15 is 0 Å². The van der Waals surface area contributed by atoms with Crippen LogP contribution in [0.25, 0.3) is 31.9 Å².